The molecule has 3 aromatic rings. The summed E-state index contributed by atoms with van der Waals surface area (Å²) in [4.78, 5) is 19.1. The van der Waals surface area contributed by atoms with E-state index in [1.165, 1.54) is 23.5 Å². The largest absolute Gasteiger partial charge is 0.342 e. The lowest BCUT2D eigenvalue weighted by Gasteiger charge is -2.32. The molecule has 0 bridgehead atoms. The number of carbonyl (C=O) groups is 1. The van der Waals surface area contributed by atoms with Crippen molar-refractivity contribution in [1.29, 1.82) is 0 Å². The molecule has 6 nitrogen and oxygen atoms in total. The van der Waals surface area contributed by atoms with Crippen LogP contribution >= 0.6 is 11.3 Å². The van der Waals surface area contributed by atoms with Crippen LogP contribution in [0.2, 0.25) is 0 Å². The summed E-state index contributed by atoms with van der Waals surface area (Å²) in [6, 6.07) is 14.3. The number of amides is 1. The van der Waals surface area contributed by atoms with Crippen molar-refractivity contribution in [3.8, 4) is 10.6 Å². The Kier molecular flexibility index (Phi) is 6.45. The van der Waals surface area contributed by atoms with Gasteiger partial charge in [0.15, 0.2) is 0 Å². The van der Waals surface area contributed by atoms with Gasteiger partial charge >= 0.3 is 0 Å². The van der Waals surface area contributed by atoms with Crippen LogP contribution in [0.1, 0.15) is 18.5 Å². The predicted octanol–water partition coefficient (Wildman–Crippen LogP) is 3.46. The number of aromatic nitrogens is 1. The summed E-state index contributed by atoms with van der Waals surface area (Å²) < 4.78 is 41.1. The fourth-order valence-corrected chi connectivity index (χ4v) is 5.69. The Morgan fingerprint density at radius 3 is 2.58 bits per heavy atom. The third kappa shape index (κ3) is 5.36. The van der Waals surface area contributed by atoms with E-state index in [0.717, 1.165) is 0 Å². The van der Waals surface area contributed by atoms with Crippen molar-refractivity contribution in [2.75, 3.05) is 13.1 Å². The van der Waals surface area contributed by atoms with Crippen molar-refractivity contribution in [2.45, 2.75) is 30.2 Å². The van der Waals surface area contributed by atoms with E-state index < -0.39 is 10.0 Å². The first-order valence-electron chi connectivity index (χ1n) is 9.96. The normalized spacial score (nSPS) is 15.2. The maximum atomic E-state index is 13.4. The van der Waals surface area contributed by atoms with Gasteiger partial charge in [0.2, 0.25) is 15.9 Å². The number of benzene rings is 2. The predicted molar refractivity (Wildman–Crippen MR) is 118 cm³/mol. The Hall–Kier alpha value is -2.62. The first-order chi connectivity index (χ1) is 14.9. The average molecular weight is 460 g/mol. The number of piperidine rings is 1. The van der Waals surface area contributed by atoms with Crippen molar-refractivity contribution >= 4 is 27.3 Å². The zero-order valence-corrected chi connectivity index (χ0v) is 18.3. The average Bonchev–Trinajstić information content (AvgIpc) is 3.23. The minimum atomic E-state index is -3.56. The zero-order valence-electron chi connectivity index (χ0n) is 16.7. The minimum absolute atomic E-state index is 0.0412. The molecule has 162 valence electrons. The van der Waals surface area contributed by atoms with E-state index in [2.05, 4.69) is 9.71 Å². The number of nitrogens with zero attached hydrogens (tertiary/aromatic N) is 2. The van der Waals surface area contributed by atoms with Gasteiger partial charge in [0.1, 0.15) is 10.8 Å². The van der Waals surface area contributed by atoms with Gasteiger partial charge in [-0.25, -0.2) is 22.5 Å². The van der Waals surface area contributed by atoms with Crippen LogP contribution in [0.25, 0.3) is 10.6 Å². The van der Waals surface area contributed by atoms with Crippen molar-refractivity contribution in [2.24, 2.45) is 0 Å². The van der Waals surface area contributed by atoms with Gasteiger partial charge in [0, 0.05) is 30.1 Å². The van der Waals surface area contributed by atoms with E-state index in [1.807, 2.05) is 5.38 Å². The molecule has 0 radical (unpaired) electrons. The number of likely N-dealkylation sites (tertiary alicyclic amines) is 1. The third-order valence-corrected chi connectivity index (χ3v) is 7.66. The Labute approximate surface area is 184 Å². The molecule has 2 heterocycles. The van der Waals surface area contributed by atoms with Crippen molar-refractivity contribution in [3.05, 3.63) is 71.5 Å². The fourth-order valence-electron chi connectivity index (χ4n) is 3.54. The summed E-state index contributed by atoms with van der Waals surface area (Å²) >= 11 is 1.38. The second-order valence-corrected chi connectivity index (χ2v) is 9.99. The Bertz CT molecular complexity index is 1160. The highest BCUT2D eigenvalue weighted by Crippen LogP contribution is 2.25. The molecule has 1 aliphatic rings. The summed E-state index contributed by atoms with van der Waals surface area (Å²) in [5, 5.41) is 2.50. The van der Waals surface area contributed by atoms with E-state index >= 15 is 0 Å². The second-order valence-electron chi connectivity index (χ2n) is 7.42. The van der Waals surface area contributed by atoms with Crippen LogP contribution in [0.4, 0.5) is 4.39 Å². The van der Waals surface area contributed by atoms with Crippen LogP contribution in [0.3, 0.4) is 0 Å². The molecule has 1 saturated heterocycles. The van der Waals surface area contributed by atoms with Gasteiger partial charge < -0.3 is 4.90 Å². The second kappa shape index (κ2) is 9.25. The highest BCUT2D eigenvalue weighted by Gasteiger charge is 2.27. The number of hydrogen-bond acceptors (Lipinski definition) is 5. The fraction of sp³-hybridized carbons (Fsp3) is 0.273. The van der Waals surface area contributed by atoms with Gasteiger partial charge in [-0.2, -0.15) is 0 Å². The molecule has 1 amide bonds. The lowest BCUT2D eigenvalue weighted by atomic mass is 10.1. The van der Waals surface area contributed by atoms with E-state index in [1.54, 1.807) is 47.4 Å². The molecule has 31 heavy (non-hydrogen) atoms. The minimum Gasteiger partial charge on any atom is -0.342 e. The number of carbonyl (C=O) groups excluding carboxylic acids is 1. The maximum Gasteiger partial charge on any atom is 0.240 e. The first-order valence-corrected chi connectivity index (χ1v) is 12.3. The smallest absolute Gasteiger partial charge is 0.240 e. The molecule has 1 aromatic heterocycles. The number of thiazole rings is 1. The molecule has 2 aromatic carbocycles. The lowest BCUT2D eigenvalue weighted by molar-refractivity contribution is -0.131. The summed E-state index contributed by atoms with van der Waals surface area (Å²) in [5.74, 6) is -0.364. The van der Waals surface area contributed by atoms with Crippen LogP contribution < -0.4 is 4.72 Å². The summed E-state index contributed by atoms with van der Waals surface area (Å²) in [6.07, 6.45) is 1.29. The van der Waals surface area contributed by atoms with Gasteiger partial charge in [-0.15, -0.1) is 11.3 Å². The van der Waals surface area contributed by atoms with Gasteiger partial charge in [0.25, 0.3) is 0 Å². The van der Waals surface area contributed by atoms with Crippen molar-refractivity contribution in [1.82, 2.24) is 14.6 Å². The SMILES string of the molecule is O=C(Cc1csc(-c2cccc(F)c2)n1)N1CCC(NS(=O)(=O)c2ccccc2)CC1. The Morgan fingerprint density at radius 2 is 1.87 bits per heavy atom. The molecule has 0 unspecified atom stereocenters. The molecule has 4 rings (SSSR count). The van der Waals surface area contributed by atoms with Crippen LogP contribution in [0.5, 0.6) is 0 Å². The van der Waals surface area contributed by atoms with Crippen LogP contribution in [0, 0.1) is 5.82 Å². The highest BCUT2D eigenvalue weighted by atomic mass is 32.2. The van der Waals surface area contributed by atoms with Crippen LogP contribution in [-0.2, 0) is 21.2 Å². The molecule has 0 spiro atoms. The topological polar surface area (TPSA) is 79.4 Å². The van der Waals surface area contributed by atoms with Gasteiger partial charge in [-0.3, -0.25) is 4.79 Å². The Balaban J connectivity index is 1.31. The standard InChI is InChI=1S/C22H22FN3O3S2/c23-17-6-4-5-16(13-17)22-24-19(15-30-22)14-21(27)26-11-9-18(10-12-26)25-31(28,29)20-7-2-1-3-8-20/h1-8,13,15,18,25H,9-12,14H2. The molecular weight excluding hydrogens is 437 g/mol. The molecular formula is C22H22FN3O3S2. The number of hydrogen-bond donors (Lipinski definition) is 1. The number of rotatable bonds is 6. The van der Waals surface area contributed by atoms with Gasteiger partial charge in [-0.05, 0) is 37.1 Å². The highest BCUT2D eigenvalue weighted by molar-refractivity contribution is 7.89. The van der Waals surface area contributed by atoms with Crippen molar-refractivity contribution in [3.63, 3.8) is 0 Å². The van der Waals surface area contributed by atoms with Gasteiger partial charge in [-0.1, -0.05) is 30.3 Å². The molecule has 0 saturated carbocycles. The zero-order chi connectivity index (χ0) is 21.8. The summed E-state index contributed by atoms with van der Waals surface area (Å²) in [6.45, 7) is 0.976. The molecule has 1 aliphatic heterocycles. The summed E-state index contributed by atoms with van der Waals surface area (Å²) in [5.41, 5.74) is 1.34. The molecule has 9 heteroatoms. The molecule has 0 aliphatic carbocycles. The Morgan fingerprint density at radius 1 is 1.13 bits per heavy atom. The third-order valence-electron chi connectivity index (χ3n) is 5.18. The van der Waals surface area contributed by atoms with E-state index in [0.29, 0.717) is 42.2 Å². The van der Waals surface area contributed by atoms with Crippen LogP contribution in [0.15, 0.2) is 64.9 Å². The molecule has 1 N–H and O–H groups in total. The monoisotopic (exact) mass is 459 g/mol. The van der Waals surface area contributed by atoms with Crippen molar-refractivity contribution < 1.29 is 17.6 Å². The number of nitrogens with one attached hydrogen (secondary N) is 1. The molecule has 0 atom stereocenters. The van der Waals surface area contributed by atoms with E-state index in [-0.39, 0.29) is 29.1 Å². The number of sulfonamides is 1. The molecule has 1 fully saturated rings. The quantitative estimate of drug-likeness (QED) is 0.612. The summed E-state index contributed by atoms with van der Waals surface area (Å²) in [7, 11) is -3.56. The first kappa shape index (κ1) is 21.6. The van der Waals surface area contributed by atoms with Gasteiger partial charge in [0.05, 0.1) is 17.0 Å². The lowest BCUT2D eigenvalue weighted by Crippen LogP contribution is -2.46. The van der Waals surface area contributed by atoms with E-state index in [9.17, 15) is 17.6 Å². The maximum absolute atomic E-state index is 13.4. The van der Waals surface area contributed by atoms with Crippen LogP contribution in [-0.4, -0.2) is 43.3 Å². The van der Waals surface area contributed by atoms with E-state index in [4.69, 9.17) is 0 Å². The number of halogens is 1.